The molecule has 1 atom stereocenters. The summed E-state index contributed by atoms with van der Waals surface area (Å²) in [5, 5.41) is 0. The topological polar surface area (TPSA) is 44.7 Å². The number of hydrogen-bond acceptors (Lipinski definition) is 1. The summed E-state index contributed by atoms with van der Waals surface area (Å²) < 4.78 is 0. The third kappa shape index (κ3) is 16.0. The van der Waals surface area contributed by atoms with Gasteiger partial charge in [-0.2, -0.15) is 0 Å². The van der Waals surface area contributed by atoms with E-state index in [2.05, 4.69) is 12.7 Å². The van der Waals surface area contributed by atoms with E-state index in [9.17, 15) is 4.79 Å². The van der Waals surface area contributed by atoms with Crippen LogP contribution in [0.4, 0.5) is 0 Å². The first-order valence-corrected chi connectivity index (χ1v) is 8.54. The van der Waals surface area contributed by atoms with Gasteiger partial charge in [0.05, 0.1) is 0 Å². The minimum Gasteiger partial charge on any atom is -1.00 e. The van der Waals surface area contributed by atoms with E-state index >= 15 is 0 Å². The third-order valence-electron chi connectivity index (χ3n) is 3.83. The number of quaternary nitrogens is 1. The molecule has 2 nitrogen and oxygen atoms in total. The molecular formula is C17H36ClNO. The van der Waals surface area contributed by atoms with Gasteiger partial charge in [-0.05, 0) is 13.3 Å². The molecule has 0 spiro atoms. The molecule has 0 rings (SSSR count). The zero-order chi connectivity index (χ0) is 14.3. The summed E-state index contributed by atoms with van der Waals surface area (Å²) in [7, 11) is 0. The number of Topliss-reactive ketones (excluding diaryl/α,β-unsaturated/α-hetero) is 1. The molecule has 0 saturated carbocycles. The average Bonchev–Trinajstić information content (AvgIpc) is 2.39. The first-order chi connectivity index (χ1) is 9.18. The van der Waals surface area contributed by atoms with Crippen LogP contribution in [-0.4, -0.2) is 11.8 Å². The molecule has 0 aliphatic rings. The van der Waals surface area contributed by atoms with Gasteiger partial charge in [-0.1, -0.05) is 77.6 Å². The SMILES string of the molecule is CCCCCCCCCCCCCCC(=O)[C@H](C)[NH3+].[Cl-]. The molecule has 0 aliphatic carbocycles. The Morgan fingerprint density at radius 1 is 0.800 bits per heavy atom. The molecule has 0 heterocycles. The molecule has 20 heavy (non-hydrogen) atoms. The van der Waals surface area contributed by atoms with Crippen LogP contribution in [0.25, 0.3) is 0 Å². The predicted molar refractivity (Wildman–Crippen MR) is 83.1 cm³/mol. The lowest BCUT2D eigenvalue weighted by atomic mass is 10.0. The first kappa shape index (κ1) is 22.2. The highest BCUT2D eigenvalue weighted by Gasteiger charge is 2.09. The Morgan fingerprint density at radius 3 is 1.50 bits per heavy atom. The van der Waals surface area contributed by atoms with Gasteiger partial charge in [-0.25, -0.2) is 0 Å². The summed E-state index contributed by atoms with van der Waals surface area (Å²) in [4.78, 5) is 11.4. The average molecular weight is 306 g/mol. The maximum Gasteiger partial charge on any atom is 0.189 e. The highest BCUT2D eigenvalue weighted by Crippen LogP contribution is 2.12. The number of rotatable bonds is 14. The highest BCUT2D eigenvalue weighted by molar-refractivity contribution is 5.81. The Hall–Kier alpha value is -0.0800. The molecule has 0 bridgehead atoms. The van der Waals surface area contributed by atoms with Crippen molar-refractivity contribution in [3.63, 3.8) is 0 Å². The van der Waals surface area contributed by atoms with E-state index in [0.717, 1.165) is 12.8 Å². The lowest BCUT2D eigenvalue weighted by Gasteiger charge is -2.03. The van der Waals surface area contributed by atoms with Crippen LogP contribution in [-0.2, 0) is 4.79 Å². The van der Waals surface area contributed by atoms with E-state index in [0.29, 0.717) is 5.78 Å². The van der Waals surface area contributed by atoms with E-state index in [4.69, 9.17) is 0 Å². The van der Waals surface area contributed by atoms with Gasteiger partial charge in [0, 0.05) is 6.42 Å². The van der Waals surface area contributed by atoms with Crippen LogP contribution in [0, 0.1) is 0 Å². The molecule has 3 N–H and O–H groups in total. The largest absolute Gasteiger partial charge is 1.00 e. The van der Waals surface area contributed by atoms with Gasteiger partial charge in [-0.3, -0.25) is 4.79 Å². The van der Waals surface area contributed by atoms with Crippen LogP contribution in [0.15, 0.2) is 0 Å². The molecule has 0 fully saturated rings. The fourth-order valence-corrected chi connectivity index (χ4v) is 2.39. The molecule has 0 aromatic rings. The number of unbranched alkanes of at least 4 members (excludes halogenated alkanes) is 11. The van der Waals surface area contributed by atoms with Gasteiger partial charge in [0.1, 0.15) is 6.04 Å². The Kier molecular flexibility index (Phi) is 18.8. The molecule has 0 amide bonds. The smallest absolute Gasteiger partial charge is 0.189 e. The molecule has 0 radical (unpaired) electrons. The second-order valence-electron chi connectivity index (χ2n) is 6.01. The standard InChI is InChI=1S/C17H35NO.ClH/c1-3-4-5-6-7-8-9-10-11-12-13-14-15-17(19)16(2)18;/h16H,3-15,18H2,1-2H3;1H/t16-;/m0./s1. The fraction of sp³-hybridized carbons (Fsp3) is 0.941. The Morgan fingerprint density at radius 2 is 1.15 bits per heavy atom. The second kappa shape index (κ2) is 17.0. The zero-order valence-electron chi connectivity index (χ0n) is 13.8. The van der Waals surface area contributed by atoms with Crippen molar-refractivity contribution >= 4 is 5.78 Å². The minimum absolute atomic E-state index is 0. The number of hydrogen-bond donors (Lipinski definition) is 1. The monoisotopic (exact) mass is 305 g/mol. The minimum atomic E-state index is -0.0206. The molecule has 0 aromatic carbocycles. The van der Waals surface area contributed by atoms with Crippen LogP contribution in [0.5, 0.6) is 0 Å². The van der Waals surface area contributed by atoms with Crippen molar-refractivity contribution in [2.75, 3.05) is 0 Å². The maximum atomic E-state index is 11.4. The van der Waals surface area contributed by atoms with Crippen molar-refractivity contribution in [2.45, 2.75) is 103 Å². The Bertz CT molecular complexity index is 207. The Labute approximate surface area is 132 Å². The predicted octanol–water partition coefficient (Wildman–Crippen LogP) is 1.28. The summed E-state index contributed by atoms with van der Waals surface area (Å²) in [6.07, 6.45) is 16.9. The third-order valence-corrected chi connectivity index (χ3v) is 3.83. The van der Waals surface area contributed by atoms with Crippen molar-refractivity contribution in [3.8, 4) is 0 Å². The molecule has 0 aliphatic heterocycles. The van der Waals surface area contributed by atoms with Crippen LogP contribution in [0.2, 0.25) is 0 Å². The van der Waals surface area contributed by atoms with Crippen molar-refractivity contribution in [3.05, 3.63) is 0 Å². The number of ketones is 1. The van der Waals surface area contributed by atoms with Gasteiger partial charge in [0.15, 0.2) is 5.78 Å². The van der Waals surface area contributed by atoms with E-state index in [1.165, 1.54) is 70.6 Å². The van der Waals surface area contributed by atoms with Gasteiger partial charge in [0.25, 0.3) is 0 Å². The molecular weight excluding hydrogens is 270 g/mol. The molecule has 0 saturated heterocycles. The molecule has 0 unspecified atom stereocenters. The van der Waals surface area contributed by atoms with Crippen LogP contribution >= 0.6 is 0 Å². The van der Waals surface area contributed by atoms with E-state index < -0.39 is 0 Å². The number of carbonyl (C=O) groups is 1. The number of carbonyl (C=O) groups excluding carboxylic acids is 1. The molecule has 3 heteroatoms. The molecule has 122 valence electrons. The van der Waals surface area contributed by atoms with Gasteiger partial charge < -0.3 is 18.1 Å². The van der Waals surface area contributed by atoms with Crippen molar-refractivity contribution in [2.24, 2.45) is 0 Å². The summed E-state index contributed by atoms with van der Waals surface area (Å²) in [5.74, 6) is 0.326. The van der Waals surface area contributed by atoms with Gasteiger partial charge >= 0.3 is 0 Å². The van der Waals surface area contributed by atoms with E-state index in [1.807, 2.05) is 6.92 Å². The quantitative estimate of drug-likeness (QED) is 0.483. The van der Waals surface area contributed by atoms with E-state index in [1.54, 1.807) is 0 Å². The first-order valence-electron chi connectivity index (χ1n) is 8.54. The van der Waals surface area contributed by atoms with Gasteiger partial charge in [0.2, 0.25) is 0 Å². The van der Waals surface area contributed by atoms with Crippen molar-refractivity contribution in [1.82, 2.24) is 0 Å². The van der Waals surface area contributed by atoms with Crippen LogP contribution in [0.1, 0.15) is 97.3 Å². The highest BCUT2D eigenvalue weighted by atomic mass is 35.5. The molecule has 0 aromatic heterocycles. The van der Waals surface area contributed by atoms with Gasteiger partial charge in [-0.15, -0.1) is 0 Å². The van der Waals surface area contributed by atoms with Crippen LogP contribution < -0.4 is 18.1 Å². The maximum absolute atomic E-state index is 11.4. The summed E-state index contributed by atoms with van der Waals surface area (Å²) in [6.45, 7) is 4.16. The Balaban J connectivity index is 0. The van der Waals surface area contributed by atoms with Crippen molar-refractivity contribution < 1.29 is 22.9 Å². The summed E-state index contributed by atoms with van der Waals surface area (Å²) in [5.41, 5.74) is 3.76. The van der Waals surface area contributed by atoms with Crippen LogP contribution in [0.3, 0.4) is 0 Å². The fourth-order valence-electron chi connectivity index (χ4n) is 2.39. The van der Waals surface area contributed by atoms with Crippen molar-refractivity contribution in [1.29, 1.82) is 0 Å². The lowest BCUT2D eigenvalue weighted by Crippen LogP contribution is -3.00. The zero-order valence-corrected chi connectivity index (χ0v) is 14.5. The normalized spacial score (nSPS) is 11.9. The summed E-state index contributed by atoms with van der Waals surface area (Å²) in [6, 6.07) is -0.0206. The number of halogens is 1. The van der Waals surface area contributed by atoms with E-state index in [-0.39, 0.29) is 18.4 Å². The second-order valence-corrected chi connectivity index (χ2v) is 6.01. The lowest BCUT2D eigenvalue weighted by molar-refractivity contribution is -0.397. The summed E-state index contributed by atoms with van der Waals surface area (Å²) >= 11 is 0.